The third-order valence-electron chi connectivity index (χ3n) is 3.22. The summed E-state index contributed by atoms with van der Waals surface area (Å²) in [7, 11) is 0.383. The molecule has 0 aliphatic heterocycles. The average Bonchev–Trinajstić information content (AvgIpc) is 2.52. The van der Waals surface area contributed by atoms with Crippen molar-refractivity contribution in [1.82, 2.24) is 4.98 Å². The second kappa shape index (κ2) is 7.17. The van der Waals surface area contributed by atoms with Crippen molar-refractivity contribution in [3.63, 3.8) is 0 Å². The van der Waals surface area contributed by atoms with Gasteiger partial charge < -0.3 is 10.1 Å². The van der Waals surface area contributed by atoms with Gasteiger partial charge in [0.15, 0.2) is 0 Å². The van der Waals surface area contributed by atoms with E-state index in [2.05, 4.69) is 10.3 Å². The summed E-state index contributed by atoms with van der Waals surface area (Å²) in [6.07, 6.45) is 1.66. The molecule has 0 aliphatic rings. The van der Waals surface area contributed by atoms with Crippen molar-refractivity contribution in [1.29, 1.82) is 0 Å². The number of nitrogens with one attached hydrogen (secondary N) is 1. The van der Waals surface area contributed by atoms with Gasteiger partial charge >= 0.3 is 5.97 Å². The summed E-state index contributed by atoms with van der Waals surface area (Å²) < 4.78 is 16.0. The molecule has 0 fully saturated rings. The molecule has 0 radical (unpaired) electrons. The normalized spacial score (nSPS) is 11.8. The molecule has 1 atom stereocenters. The summed E-state index contributed by atoms with van der Waals surface area (Å²) in [6.45, 7) is 2.36. The molecule has 1 N–H and O–H groups in total. The zero-order chi connectivity index (χ0) is 16.1. The molecule has 1 aromatic carbocycles. The van der Waals surface area contributed by atoms with Crippen LogP contribution in [0.3, 0.4) is 0 Å². The quantitative estimate of drug-likeness (QED) is 0.858. The second-order valence-electron chi connectivity index (χ2n) is 4.77. The third-order valence-corrected chi connectivity index (χ3v) is 4.16. The van der Waals surface area contributed by atoms with Crippen LogP contribution >= 0.6 is 0 Å². The number of aromatic nitrogens is 1. The highest BCUT2D eigenvalue weighted by molar-refractivity contribution is 7.84. The van der Waals surface area contributed by atoms with Crippen molar-refractivity contribution >= 4 is 22.6 Å². The standard InChI is InChI=1S/C16H18N2O3S/c1-11-14(16(19)21-2)8-9-15(18-11)17-10-12-4-6-13(7-5-12)22(3)20/h4-9H,10H2,1-3H3,(H,17,18). The Morgan fingerprint density at radius 2 is 1.91 bits per heavy atom. The lowest BCUT2D eigenvalue weighted by atomic mass is 10.2. The molecule has 1 heterocycles. The van der Waals surface area contributed by atoms with Gasteiger partial charge in [0.05, 0.1) is 18.4 Å². The van der Waals surface area contributed by atoms with E-state index in [-0.39, 0.29) is 5.97 Å². The van der Waals surface area contributed by atoms with Gasteiger partial charge in [0, 0.05) is 28.5 Å². The molecule has 116 valence electrons. The number of methoxy groups -OCH3 is 1. The first-order chi connectivity index (χ1) is 10.5. The van der Waals surface area contributed by atoms with Crippen molar-refractivity contribution in [2.24, 2.45) is 0 Å². The van der Waals surface area contributed by atoms with E-state index >= 15 is 0 Å². The molecule has 0 saturated heterocycles. The van der Waals surface area contributed by atoms with Crippen LogP contribution in [0.2, 0.25) is 0 Å². The lowest BCUT2D eigenvalue weighted by Gasteiger charge is -2.09. The Morgan fingerprint density at radius 3 is 2.45 bits per heavy atom. The molecular formula is C16H18N2O3S. The van der Waals surface area contributed by atoms with E-state index in [0.29, 0.717) is 23.6 Å². The largest absolute Gasteiger partial charge is 0.465 e. The van der Waals surface area contributed by atoms with Crippen LogP contribution in [-0.4, -0.2) is 28.5 Å². The number of benzene rings is 1. The Hall–Kier alpha value is -2.21. The van der Waals surface area contributed by atoms with Gasteiger partial charge in [-0.25, -0.2) is 9.78 Å². The number of aryl methyl sites for hydroxylation is 1. The fraction of sp³-hybridized carbons (Fsp3) is 0.250. The lowest BCUT2D eigenvalue weighted by molar-refractivity contribution is 0.0599. The zero-order valence-electron chi connectivity index (χ0n) is 12.8. The summed E-state index contributed by atoms with van der Waals surface area (Å²) in [4.78, 5) is 16.7. The third kappa shape index (κ3) is 3.92. The Balaban J connectivity index is 2.04. The maximum atomic E-state index is 11.5. The number of pyridine rings is 1. The molecule has 5 nitrogen and oxygen atoms in total. The van der Waals surface area contributed by atoms with Gasteiger partial charge in [0.1, 0.15) is 5.82 Å². The monoisotopic (exact) mass is 318 g/mol. The number of carbonyl (C=O) groups excluding carboxylic acids is 1. The molecule has 0 saturated carbocycles. The Kier molecular flexibility index (Phi) is 5.27. The molecule has 0 bridgehead atoms. The van der Waals surface area contributed by atoms with Crippen LogP contribution in [0, 0.1) is 6.92 Å². The minimum atomic E-state index is -0.965. The number of rotatable bonds is 5. The Bertz CT molecular complexity index is 699. The predicted molar refractivity (Wildman–Crippen MR) is 86.4 cm³/mol. The maximum Gasteiger partial charge on any atom is 0.339 e. The van der Waals surface area contributed by atoms with Crippen LogP contribution in [0.5, 0.6) is 0 Å². The SMILES string of the molecule is COC(=O)c1ccc(NCc2ccc(S(C)=O)cc2)nc1C. The molecule has 0 spiro atoms. The predicted octanol–water partition coefficient (Wildman–Crippen LogP) is 2.53. The number of nitrogens with zero attached hydrogens (tertiary/aromatic N) is 1. The summed E-state index contributed by atoms with van der Waals surface area (Å²) >= 11 is 0. The van der Waals surface area contributed by atoms with Crippen LogP contribution in [-0.2, 0) is 22.1 Å². The maximum absolute atomic E-state index is 11.5. The first kappa shape index (κ1) is 16.2. The topological polar surface area (TPSA) is 68.3 Å². The number of hydrogen-bond acceptors (Lipinski definition) is 5. The number of carbonyl (C=O) groups is 1. The van der Waals surface area contributed by atoms with Gasteiger partial charge in [-0.1, -0.05) is 12.1 Å². The summed E-state index contributed by atoms with van der Waals surface area (Å²) in [5, 5.41) is 3.20. The summed E-state index contributed by atoms with van der Waals surface area (Å²) in [5.41, 5.74) is 2.14. The van der Waals surface area contributed by atoms with E-state index in [4.69, 9.17) is 4.74 Å². The molecular weight excluding hydrogens is 300 g/mol. The average molecular weight is 318 g/mol. The molecule has 1 aromatic heterocycles. The van der Waals surface area contributed by atoms with Gasteiger partial charge in [0.2, 0.25) is 0 Å². The molecule has 2 rings (SSSR count). The highest BCUT2D eigenvalue weighted by Gasteiger charge is 2.10. The molecule has 22 heavy (non-hydrogen) atoms. The van der Waals surface area contributed by atoms with E-state index in [1.165, 1.54) is 7.11 Å². The van der Waals surface area contributed by atoms with Crippen molar-refractivity contribution in [3.8, 4) is 0 Å². The van der Waals surface area contributed by atoms with Crippen molar-refractivity contribution in [2.45, 2.75) is 18.4 Å². The smallest absolute Gasteiger partial charge is 0.339 e. The van der Waals surface area contributed by atoms with E-state index in [0.717, 1.165) is 10.5 Å². The first-order valence-corrected chi connectivity index (χ1v) is 8.29. The zero-order valence-corrected chi connectivity index (χ0v) is 13.6. The van der Waals surface area contributed by atoms with Gasteiger partial charge in [-0.05, 0) is 36.8 Å². The molecule has 1 unspecified atom stereocenters. The molecule has 0 amide bonds. The van der Waals surface area contributed by atoms with Crippen molar-refractivity contribution < 1.29 is 13.7 Å². The van der Waals surface area contributed by atoms with E-state index in [9.17, 15) is 9.00 Å². The van der Waals surface area contributed by atoms with Crippen LogP contribution in [0.4, 0.5) is 5.82 Å². The van der Waals surface area contributed by atoms with Gasteiger partial charge in [-0.3, -0.25) is 4.21 Å². The number of ether oxygens (including phenoxy) is 1. The Labute approximate surface area is 132 Å². The minimum absolute atomic E-state index is 0.389. The summed E-state index contributed by atoms with van der Waals surface area (Å²) in [5.74, 6) is 0.299. The highest BCUT2D eigenvalue weighted by atomic mass is 32.2. The van der Waals surface area contributed by atoms with Crippen LogP contribution in [0.1, 0.15) is 21.6 Å². The number of esters is 1. The first-order valence-electron chi connectivity index (χ1n) is 6.73. The van der Waals surface area contributed by atoms with Crippen molar-refractivity contribution in [3.05, 3.63) is 53.2 Å². The minimum Gasteiger partial charge on any atom is -0.465 e. The molecule has 6 heteroatoms. The second-order valence-corrected chi connectivity index (χ2v) is 6.15. The number of anilines is 1. The number of hydrogen-bond donors (Lipinski definition) is 1. The van der Waals surface area contributed by atoms with Crippen LogP contribution in [0.25, 0.3) is 0 Å². The fourth-order valence-electron chi connectivity index (χ4n) is 1.98. The summed E-state index contributed by atoms with van der Waals surface area (Å²) in [6, 6.07) is 11.0. The van der Waals surface area contributed by atoms with E-state index in [1.54, 1.807) is 25.3 Å². The Morgan fingerprint density at radius 1 is 1.23 bits per heavy atom. The molecule has 0 aliphatic carbocycles. The van der Waals surface area contributed by atoms with Crippen LogP contribution < -0.4 is 5.32 Å². The van der Waals surface area contributed by atoms with Crippen LogP contribution in [0.15, 0.2) is 41.3 Å². The van der Waals surface area contributed by atoms with E-state index < -0.39 is 10.8 Å². The highest BCUT2D eigenvalue weighted by Crippen LogP contribution is 2.13. The van der Waals surface area contributed by atoms with Gasteiger partial charge in [0.25, 0.3) is 0 Å². The van der Waals surface area contributed by atoms with Crippen molar-refractivity contribution in [2.75, 3.05) is 18.7 Å². The van der Waals surface area contributed by atoms with E-state index in [1.807, 2.05) is 24.3 Å². The lowest BCUT2D eigenvalue weighted by Crippen LogP contribution is -2.08. The van der Waals surface area contributed by atoms with Gasteiger partial charge in [-0.2, -0.15) is 0 Å². The van der Waals surface area contributed by atoms with Gasteiger partial charge in [-0.15, -0.1) is 0 Å². The molecule has 2 aromatic rings. The fourth-order valence-corrected chi connectivity index (χ4v) is 2.50.